The maximum atomic E-state index is 13.3. The molecule has 9 heteroatoms. The summed E-state index contributed by atoms with van der Waals surface area (Å²) in [6.07, 6.45) is 0. The summed E-state index contributed by atoms with van der Waals surface area (Å²) in [6.45, 7) is 2.77. The lowest BCUT2D eigenvalue weighted by Crippen LogP contribution is -2.32. The Balaban J connectivity index is 0.00000324. The number of rotatable bonds is 6. The first kappa shape index (κ1) is 18.2. The number of sulfonamides is 1. The van der Waals surface area contributed by atoms with Crippen molar-refractivity contribution in [1.82, 2.24) is 10.0 Å². The fourth-order valence-corrected chi connectivity index (χ4v) is 2.45. The molecule has 110 valence electrons. The molecule has 0 unspecified atom stereocenters. The summed E-state index contributed by atoms with van der Waals surface area (Å²) in [4.78, 5) is -1.17. The van der Waals surface area contributed by atoms with E-state index < -0.39 is 32.4 Å². The van der Waals surface area contributed by atoms with Gasteiger partial charge in [0, 0.05) is 25.2 Å². The van der Waals surface area contributed by atoms with Crippen molar-refractivity contribution >= 4 is 22.4 Å². The van der Waals surface area contributed by atoms with E-state index in [1.165, 1.54) is 0 Å². The molecule has 0 radical (unpaired) electrons. The minimum absolute atomic E-state index is 0. The lowest BCUT2D eigenvalue weighted by atomic mass is 10.3. The zero-order chi connectivity index (χ0) is 13.8. The van der Waals surface area contributed by atoms with Crippen molar-refractivity contribution in [2.75, 3.05) is 19.6 Å². The Kier molecular flexibility index (Phi) is 7.35. The summed E-state index contributed by atoms with van der Waals surface area (Å²) in [5.74, 6) is -4.08. The molecule has 4 nitrogen and oxygen atoms in total. The normalized spacial score (nSPS) is 11.2. The van der Waals surface area contributed by atoms with Gasteiger partial charge in [0.2, 0.25) is 10.0 Å². The maximum Gasteiger partial charge on any atom is 0.246 e. The van der Waals surface area contributed by atoms with Gasteiger partial charge in [0.1, 0.15) is 17.5 Å². The Bertz CT molecular complexity index is 503. The van der Waals surface area contributed by atoms with E-state index in [-0.39, 0.29) is 19.0 Å². The molecule has 1 aromatic rings. The summed E-state index contributed by atoms with van der Waals surface area (Å²) in [6, 6.07) is 0.643. The smallest absolute Gasteiger partial charge is 0.246 e. The van der Waals surface area contributed by atoms with E-state index in [4.69, 9.17) is 0 Å². The first-order valence-corrected chi connectivity index (χ1v) is 6.71. The summed E-state index contributed by atoms with van der Waals surface area (Å²) >= 11 is 0. The molecular weight excluding hydrogens is 305 g/mol. The predicted octanol–water partition coefficient (Wildman–Crippen LogP) is 1.41. The van der Waals surface area contributed by atoms with Crippen LogP contribution in [0.25, 0.3) is 0 Å². The quantitative estimate of drug-likeness (QED) is 0.780. The molecule has 0 aromatic heterocycles. The highest BCUT2D eigenvalue weighted by Crippen LogP contribution is 2.19. The highest BCUT2D eigenvalue weighted by atomic mass is 35.5. The van der Waals surface area contributed by atoms with Gasteiger partial charge in [0.25, 0.3) is 0 Å². The van der Waals surface area contributed by atoms with Gasteiger partial charge in [-0.2, -0.15) is 0 Å². The van der Waals surface area contributed by atoms with Crippen molar-refractivity contribution in [3.05, 3.63) is 29.6 Å². The standard InChI is InChI=1S/C10H13F3N2O2S.ClH/c1-2-14-3-4-15-18(16,17)10-8(12)5-7(11)6-9(10)13;/h5-6,14-15H,2-4H2,1H3;1H. The highest BCUT2D eigenvalue weighted by molar-refractivity contribution is 7.89. The van der Waals surface area contributed by atoms with Gasteiger partial charge in [-0.15, -0.1) is 12.4 Å². The van der Waals surface area contributed by atoms with E-state index in [0.717, 1.165) is 0 Å². The maximum absolute atomic E-state index is 13.3. The molecule has 0 amide bonds. The molecule has 0 saturated carbocycles. The molecule has 0 saturated heterocycles. The monoisotopic (exact) mass is 318 g/mol. The van der Waals surface area contributed by atoms with Gasteiger partial charge in [0.05, 0.1) is 0 Å². The van der Waals surface area contributed by atoms with Crippen LogP contribution in [-0.4, -0.2) is 28.1 Å². The van der Waals surface area contributed by atoms with E-state index in [2.05, 4.69) is 5.32 Å². The van der Waals surface area contributed by atoms with E-state index in [1.807, 2.05) is 11.6 Å². The number of hydrogen-bond acceptors (Lipinski definition) is 3. The van der Waals surface area contributed by atoms with E-state index >= 15 is 0 Å². The third-order valence-corrected chi connectivity index (χ3v) is 3.59. The largest absolute Gasteiger partial charge is 0.316 e. The van der Waals surface area contributed by atoms with Gasteiger partial charge >= 0.3 is 0 Å². The lowest BCUT2D eigenvalue weighted by Gasteiger charge is -2.08. The van der Waals surface area contributed by atoms with Crippen molar-refractivity contribution in [1.29, 1.82) is 0 Å². The van der Waals surface area contributed by atoms with Crippen molar-refractivity contribution < 1.29 is 21.6 Å². The SMILES string of the molecule is CCNCCNS(=O)(=O)c1c(F)cc(F)cc1F.Cl. The van der Waals surface area contributed by atoms with Gasteiger partial charge in [-0.05, 0) is 6.54 Å². The minimum Gasteiger partial charge on any atom is -0.316 e. The van der Waals surface area contributed by atoms with Crippen molar-refractivity contribution in [3.8, 4) is 0 Å². The zero-order valence-electron chi connectivity index (χ0n) is 10.0. The molecule has 0 fully saturated rings. The van der Waals surface area contributed by atoms with Crippen LogP contribution in [0.1, 0.15) is 6.92 Å². The number of halogens is 4. The average Bonchev–Trinajstić information content (AvgIpc) is 2.22. The molecule has 0 aliphatic heterocycles. The van der Waals surface area contributed by atoms with Gasteiger partial charge in [-0.1, -0.05) is 6.92 Å². The molecule has 1 aromatic carbocycles. The molecular formula is C10H14ClF3N2O2S. The van der Waals surface area contributed by atoms with Crippen LogP contribution in [-0.2, 0) is 10.0 Å². The molecule has 0 aliphatic rings. The fourth-order valence-electron chi connectivity index (χ4n) is 1.31. The van der Waals surface area contributed by atoms with Crippen LogP contribution >= 0.6 is 12.4 Å². The Morgan fingerprint density at radius 3 is 2.11 bits per heavy atom. The Labute approximate surface area is 115 Å². The van der Waals surface area contributed by atoms with E-state index in [1.54, 1.807) is 0 Å². The highest BCUT2D eigenvalue weighted by Gasteiger charge is 2.24. The topological polar surface area (TPSA) is 58.2 Å². The Hall–Kier alpha value is -0.830. The van der Waals surface area contributed by atoms with Crippen molar-refractivity contribution in [2.24, 2.45) is 0 Å². The molecule has 0 spiro atoms. The van der Waals surface area contributed by atoms with Crippen LogP contribution in [0.4, 0.5) is 13.2 Å². The third kappa shape index (κ3) is 4.98. The number of hydrogen-bond donors (Lipinski definition) is 2. The number of nitrogens with one attached hydrogen (secondary N) is 2. The van der Waals surface area contributed by atoms with Crippen LogP contribution in [0, 0.1) is 17.5 Å². The van der Waals surface area contributed by atoms with Crippen LogP contribution in [0.2, 0.25) is 0 Å². The first-order valence-electron chi connectivity index (χ1n) is 5.23. The number of benzene rings is 1. The second-order valence-electron chi connectivity index (χ2n) is 3.45. The molecule has 19 heavy (non-hydrogen) atoms. The summed E-state index contributed by atoms with van der Waals surface area (Å²) in [7, 11) is -4.33. The van der Waals surface area contributed by atoms with Gasteiger partial charge in [0.15, 0.2) is 4.90 Å². The first-order chi connectivity index (χ1) is 8.38. The average molecular weight is 319 g/mol. The lowest BCUT2D eigenvalue weighted by molar-refractivity contribution is 0.493. The van der Waals surface area contributed by atoms with Crippen molar-refractivity contribution in [2.45, 2.75) is 11.8 Å². The van der Waals surface area contributed by atoms with Crippen LogP contribution in [0.15, 0.2) is 17.0 Å². The molecule has 1 rings (SSSR count). The van der Waals surface area contributed by atoms with E-state index in [0.29, 0.717) is 25.2 Å². The summed E-state index contributed by atoms with van der Waals surface area (Å²) < 4.78 is 64.4. The van der Waals surface area contributed by atoms with Gasteiger partial charge < -0.3 is 5.32 Å². The van der Waals surface area contributed by atoms with E-state index in [9.17, 15) is 21.6 Å². The minimum atomic E-state index is -4.33. The molecule has 0 aliphatic carbocycles. The Morgan fingerprint density at radius 1 is 1.11 bits per heavy atom. The molecule has 0 bridgehead atoms. The number of likely N-dealkylation sites (N-methyl/N-ethyl adjacent to an activating group) is 1. The van der Waals surface area contributed by atoms with Gasteiger partial charge in [-0.3, -0.25) is 0 Å². The molecule has 2 N–H and O–H groups in total. The van der Waals surface area contributed by atoms with Crippen LogP contribution in [0.5, 0.6) is 0 Å². The zero-order valence-corrected chi connectivity index (χ0v) is 11.7. The third-order valence-electron chi connectivity index (χ3n) is 2.08. The fraction of sp³-hybridized carbons (Fsp3) is 0.400. The summed E-state index contributed by atoms with van der Waals surface area (Å²) in [5.41, 5.74) is 0. The Morgan fingerprint density at radius 2 is 1.63 bits per heavy atom. The van der Waals surface area contributed by atoms with Crippen molar-refractivity contribution in [3.63, 3.8) is 0 Å². The predicted molar refractivity (Wildman–Crippen MR) is 67.3 cm³/mol. The second kappa shape index (κ2) is 7.68. The second-order valence-corrected chi connectivity index (χ2v) is 5.15. The summed E-state index contributed by atoms with van der Waals surface area (Å²) in [5, 5.41) is 2.84. The van der Waals surface area contributed by atoms with Crippen LogP contribution in [0.3, 0.4) is 0 Å². The molecule has 0 heterocycles. The van der Waals surface area contributed by atoms with Crippen LogP contribution < -0.4 is 10.0 Å². The van der Waals surface area contributed by atoms with Gasteiger partial charge in [-0.25, -0.2) is 26.3 Å². The molecule has 0 atom stereocenters.